The molecule has 2 amide bonds. The summed E-state index contributed by atoms with van der Waals surface area (Å²) in [5.74, 6) is -0.207. The first kappa shape index (κ1) is 32.5. The smallest absolute Gasteiger partial charge is 0.264 e. The van der Waals surface area contributed by atoms with Gasteiger partial charge in [0.25, 0.3) is 10.0 Å². The summed E-state index contributed by atoms with van der Waals surface area (Å²) >= 11 is 0. The number of carbonyl (C=O) groups is 2. The van der Waals surface area contributed by atoms with E-state index < -0.39 is 34.1 Å². The number of anilines is 1. The van der Waals surface area contributed by atoms with Gasteiger partial charge < -0.3 is 19.7 Å². The van der Waals surface area contributed by atoms with Crippen molar-refractivity contribution >= 4 is 27.5 Å². The fourth-order valence-electron chi connectivity index (χ4n) is 4.50. The molecule has 0 spiro atoms. The van der Waals surface area contributed by atoms with Crippen molar-refractivity contribution in [1.82, 2.24) is 10.2 Å². The maximum atomic E-state index is 14.2. The molecule has 0 unspecified atom stereocenters. The summed E-state index contributed by atoms with van der Waals surface area (Å²) in [7, 11) is -1.37. The molecule has 1 N–H and O–H groups in total. The van der Waals surface area contributed by atoms with Crippen LogP contribution in [0.25, 0.3) is 0 Å². The van der Waals surface area contributed by atoms with Crippen molar-refractivity contribution in [2.75, 3.05) is 25.1 Å². The van der Waals surface area contributed by atoms with Crippen molar-refractivity contribution in [3.63, 3.8) is 0 Å². The van der Waals surface area contributed by atoms with E-state index in [0.717, 1.165) is 15.4 Å². The Bertz CT molecular complexity index is 1470. The summed E-state index contributed by atoms with van der Waals surface area (Å²) in [5, 5.41) is 2.97. The monoisotopic (exact) mass is 595 g/mol. The van der Waals surface area contributed by atoms with Crippen molar-refractivity contribution in [1.29, 1.82) is 0 Å². The first-order valence-electron chi connectivity index (χ1n) is 13.8. The van der Waals surface area contributed by atoms with Crippen molar-refractivity contribution in [3.8, 4) is 11.5 Å². The molecule has 0 aliphatic rings. The van der Waals surface area contributed by atoms with E-state index in [0.29, 0.717) is 17.9 Å². The quantitative estimate of drug-likeness (QED) is 0.318. The molecule has 0 heterocycles. The zero-order chi connectivity index (χ0) is 31.1. The van der Waals surface area contributed by atoms with Gasteiger partial charge in [0, 0.05) is 18.2 Å². The molecule has 0 radical (unpaired) electrons. The SMILES string of the molecule is CC[C@@H](C(=O)NC(C)(C)C)N(Cc1ccccc1)C(=O)CN(c1ccc(C)cc1)S(=O)(=O)c1ccc(OC)c(OC)c1. The van der Waals surface area contributed by atoms with Gasteiger partial charge in [0.05, 0.1) is 24.8 Å². The number of rotatable bonds is 12. The molecule has 0 saturated heterocycles. The first-order chi connectivity index (χ1) is 19.8. The van der Waals surface area contributed by atoms with Gasteiger partial charge in [-0.15, -0.1) is 0 Å². The van der Waals surface area contributed by atoms with E-state index in [-0.39, 0.29) is 23.1 Å². The van der Waals surface area contributed by atoms with Crippen molar-refractivity contribution in [2.24, 2.45) is 0 Å². The lowest BCUT2D eigenvalue weighted by atomic mass is 10.1. The Morgan fingerprint density at radius 2 is 1.52 bits per heavy atom. The lowest BCUT2D eigenvalue weighted by Gasteiger charge is -2.34. The normalized spacial score (nSPS) is 12.3. The lowest BCUT2D eigenvalue weighted by molar-refractivity contribution is -0.141. The van der Waals surface area contributed by atoms with Gasteiger partial charge in [-0.2, -0.15) is 0 Å². The molecule has 42 heavy (non-hydrogen) atoms. The second kappa shape index (κ2) is 13.7. The van der Waals surface area contributed by atoms with Gasteiger partial charge in [-0.05, 0) is 63.9 Å². The van der Waals surface area contributed by atoms with Crippen LogP contribution >= 0.6 is 0 Å². The zero-order valence-electron chi connectivity index (χ0n) is 25.4. The maximum Gasteiger partial charge on any atom is 0.264 e. The molecule has 10 heteroatoms. The Kier molecular flexibility index (Phi) is 10.6. The van der Waals surface area contributed by atoms with Crippen molar-refractivity contribution < 1.29 is 27.5 Å². The highest BCUT2D eigenvalue weighted by Crippen LogP contribution is 2.32. The van der Waals surface area contributed by atoms with E-state index in [1.807, 2.05) is 65.0 Å². The molecular formula is C32H41N3O6S. The summed E-state index contributed by atoms with van der Waals surface area (Å²) in [4.78, 5) is 29.0. The standard InChI is InChI=1S/C32H41N3O6S/c1-8-27(31(37)33-32(3,4)5)34(21-24-12-10-9-11-13-24)30(36)22-35(25-16-14-23(2)15-17-25)42(38,39)26-18-19-28(40-6)29(20-26)41-7/h9-20,27H,8,21-22H2,1-7H3,(H,33,37)/t27-/m0/s1. The highest BCUT2D eigenvalue weighted by Gasteiger charge is 2.35. The Morgan fingerprint density at radius 3 is 2.07 bits per heavy atom. The minimum Gasteiger partial charge on any atom is -0.493 e. The number of carbonyl (C=O) groups excluding carboxylic acids is 2. The minimum absolute atomic E-state index is 0.0688. The molecule has 0 fully saturated rings. The van der Waals surface area contributed by atoms with Crippen LogP contribution in [0, 0.1) is 6.92 Å². The van der Waals surface area contributed by atoms with Gasteiger partial charge in [-0.3, -0.25) is 13.9 Å². The molecule has 3 rings (SSSR count). The topological polar surface area (TPSA) is 105 Å². The Hall–Kier alpha value is -4.05. The van der Waals surface area contributed by atoms with Crippen LogP contribution in [0.5, 0.6) is 11.5 Å². The van der Waals surface area contributed by atoms with Crippen LogP contribution in [0.3, 0.4) is 0 Å². The Balaban J connectivity index is 2.09. The van der Waals surface area contributed by atoms with Crippen LogP contribution in [-0.4, -0.2) is 57.5 Å². The predicted molar refractivity (Wildman–Crippen MR) is 164 cm³/mol. The molecule has 9 nitrogen and oxygen atoms in total. The first-order valence-corrected chi connectivity index (χ1v) is 15.2. The number of ether oxygens (including phenoxy) is 2. The molecule has 3 aromatic rings. The van der Waals surface area contributed by atoms with E-state index >= 15 is 0 Å². The van der Waals surface area contributed by atoms with Crippen LogP contribution in [0.1, 0.15) is 45.2 Å². The summed E-state index contributed by atoms with van der Waals surface area (Å²) in [6, 6.07) is 19.7. The van der Waals surface area contributed by atoms with Gasteiger partial charge >= 0.3 is 0 Å². The van der Waals surface area contributed by atoms with Gasteiger partial charge in [-0.1, -0.05) is 55.0 Å². The number of methoxy groups -OCH3 is 2. The maximum absolute atomic E-state index is 14.2. The number of hydrogen-bond donors (Lipinski definition) is 1. The molecule has 1 atom stereocenters. The molecule has 0 aliphatic carbocycles. The third-order valence-electron chi connectivity index (χ3n) is 6.62. The number of amides is 2. The van der Waals surface area contributed by atoms with Crippen LogP contribution in [0.2, 0.25) is 0 Å². The van der Waals surface area contributed by atoms with Crippen LogP contribution < -0.4 is 19.1 Å². The van der Waals surface area contributed by atoms with Crippen molar-refractivity contribution in [3.05, 3.63) is 83.9 Å². The lowest BCUT2D eigenvalue weighted by Crippen LogP contribution is -2.55. The molecular weight excluding hydrogens is 554 g/mol. The van der Waals surface area contributed by atoms with E-state index in [1.54, 1.807) is 24.3 Å². The van der Waals surface area contributed by atoms with Gasteiger partial charge in [0.2, 0.25) is 11.8 Å². The van der Waals surface area contributed by atoms with Crippen molar-refractivity contribution in [2.45, 2.75) is 64.1 Å². The molecule has 226 valence electrons. The highest BCUT2D eigenvalue weighted by molar-refractivity contribution is 7.92. The van der Waals surface area contributed by atoms with E-state index in [1.165, 1.54) is 37.3 Å². The number of benzene rings is 3. The molecule has 3 aromatic carbocycles. The van der Waals surface area contributed by atoms with Crippen LogP contribution in [0.4, 0.5) is 5.69 Å². The number of nitrogens with one attached hydrogen (secondary N) is 1. The van der Waals surface area contributed by atoms with Gasteiger partial charge in [-0.25, -0.2) is 8.42 Å². The second-order valence-electron chi connectivity index (χ2n) is 11.0. The van der Waals surface area contributed by atoms with E-state index in [2.05, 4.69) is 5.32 Å². The number of aryl methyl sites for hydroxylation is 1. The fraction of sp³-hybridized carbons (Fsp3) is 0.375. The number of nitrogens with zero attached hydrogens (tertiary/aromatic N) is 2. The average Bonchev–Trinajstić information content (AvgIpc) is 2.95. The van der Waals surface area contributed by atoms with Gasteiger partial charge in [0.1, 0.15) is 12.6 Å². The zero-order valence-corrected chi connectivity index (χ0v) is 26.2. The third-order valence-corrected chi connectivity index (χ3v) is 8.39. The summed E-state index contributed by atoms with van der Waals surface area (Å²) in [6.45, 7) is 8.95. The summed E-state index contributed by atoms with van der Waals surface area (Å²) in [5.41, 5.74) is 1.55. The number of sulfonamides is 1. The Labute approximate surface area is 249 Å². The Morgan fingerprint density at radius 1 is 0.905 bits per heavy atom. The minimum atomic E-state index is -4.26. The van der Waals surface area contributed by atoms with Crippen LogP contribution in [0.15, 0.2) is 77.7 Å². The molecule has 0 aromatic heterocycles. The predicted octanol–water partition coefficient (Wildman–Crippen LogP) is 4.93. The summed E-state index contributed by atoms with van der Waals surface area (Å²) < 4.78 is 40.0. The van der Waals surface area contributed by atoms with E-state index in [4.69, 9.17) is 9.47 Å². The molecule has 0 aliphatic heterocycles. The van der Waals surface area contributed by atoms with E-state index in [9.17, 15) is 18.0 Å². The summed E-state index contributed by atoms with van der Waals surface area (Å²) in [6.07, 6.45) is 0.341. The van der Waals surface area contributed by atoms with Crippen LogP contribution in [-0.2, 0) is 26.2 Å². The fourth-order valence-corrected chi connectivity index (χ4v) is 5.93. The largest absolute Gasteiger partial charge is 0.493 e. The molecule has 0 bridgehead atoms. The second-order valence-corrected chi connectivity index (χ2v) is 12.9. The van der Waals surface area contributed by atoms with Gasteiger partial charge in [0.15, 0.2) is 11.5 Å². The highest BCUT2D eigenvalue weighted by atomic mass is 32.2. The average molecular weight is 596 g/mol. The molecule has 0 saturated carbocycles. The third kappa shape index (κ3) is 8.03. The number of hydrogen-bond acceptors (Lipinski definition) is 6.